The predicted octanol–water partition coefficient (Wildman–Crippen LogP) is 2.40. The molecule has 0 aliphatic carbocycles. The molecular formula is C8H10Cl2FN. The predicted molar refractivity (Wildman–Crippen MR) is 51.4 cm³/mol. The molecule has 68 valence electrons. The van der Waals surface area contributed by atoms with Crippen LogP contribution in [0, 0.1) is 5.82 Å². The van der Waals surface area contributed by atoms with Crippen molar-refractivity contribution in [3.63, 3.8) is 0 Å². The molecule has 0 spiro atoms. The lowest BCUT2D eigenvalue weighted by atomic mass is 10.1. The Hall–Kier alpha value is -0.310. The van der Waals surface area contributed by atoms with Gasteiger partial charge in [0.05, 0.1) is 0 Å². The molecule has 1 rings (SSSR count). The molecule has 0 fully saturated rings. The molecule has 1 aromatic carbocycles. The van der Waals surface area contributed by atoms with Gasteiger partial charge in [0.2, 0.25) is 0 Å². The van der Waals surface area contributed by atoms with Crippen LogP contribution in [0.3, 0.4) is 0 Å². The van der Waals surface area contributed by atoms with Crippen LogP contribution >= 0.6 is 24.0 Å². The largest absolute Gasteiger partial charge is 0.330 e. The minimum atomic E-state index is -0.305. The fourth-order valence-electron chi connectivity index (χ4n) is 0.922. The molecule has 0 unspecified atom stereocenters. The molecule has 0 radical (unpaired) electrons. The summed E-state index contributed by atoms with van der Waals surface area (Å²) in [6.45, 7) is 0.514. The average molecular weight is 210 g/mol. The molecule has 1 nitrogen and oxygen atoms in total. The summed E-state index contributed by atoms with van der Waals surface area (Å²) >= 11 is 5.61. The standard InChI is InChI=1S/C8H9ClFN.ClH/c9-7-3-6(1-2-11)4-8(10)5-7;/h3-5H,1-2,11H2;1H. The number of hydrogen-bond acceptors (Lipinski definition) is 1. The lowest BCUT2D eigenvalue weighted by molar-refractivity contribution is 0.625. The molecule has 2 N–H and O–H groups in total. The van der Waals surface area contributed by atoms with Gasteiger partial charge in [0.1, 0.15) is 5.82 Å². The van der Waals surface area contributed by atoms with Crippen molar-refractivity contribution >= 4 is 24.0 Å². The Kier molecular flexibility index (Phi) is 5.22. The number of rotatable bonds is 2. The van der Waals surface area contributed by atoms with Crippen molar-refractivity contribution in [1.82, 2.24) is 0 Å². The second-order valence-corrected chi connectivity index (χ2v) is 2.75. The van der Waals surface area contributed by atoms with E-state index >= 15 is 0 Å². The third kappa shape index (κ3) is 3.39. The zero-order valence-electron chi connectivity index (χ0n) is 6.39. The summed E-state index contributed by atoms with van der Waals surface area (Å²) in [5, 5.41) is 0.424. The summed E-state index contributed by atoms with van der Waals surface area (Å²) in [6.07, 6.45) is 0.664. The van der Waals surface area contributed by atoms with Crippen LogP contribution in [0.5, 0.6) is 0 Å². The highest BCUT2D eigenvalue weighted by atomic mass is 35.5. The maximum Gasteiger partial charge on any atom is 0.124 e. The van der Waals surface area contributed by atoms with Crippen LogP contribution in [-0.2, 0) is 6.42 Å². The molecule has 1 aromatic rings. The van der Waals surface area contributed by atoms with E-state index in [9.17, 15) is 4.39 Å². The van der Waals surface area contributed by atoms with Gasteiger partial charge < -0.3 is 5.73 Å². The molecule has 0 aliphatic rings. The van der Waals surface area contributed by atoms with E-state index in [4.69, 9.17) is 17.3 Å². The third-order valence-corrected chi connectivity index (χ3v) is 1.57. The molecule has 0 saturated carbocycles. The van der Waals surface area contributed by atoms with E-state index in [1.807, 2.05) is 0 Å². The second-order valence-electron chi connectivity index (χ2n) is 2.32. The molecular weight excluding hydrogens is 200 g/mol. The van der Waals surface area contributed by atoms with Gasteiger partial charge in [-0.2, -0.15) is 0 Å². The quantitative estimate of drug-likeness (QED) is 0.796. The van der Waals surface area contributed by atoms with Gasteiger partial charge in [0.25, 0.3) is 0 Å². The van der Waals surface area contributed by atoms with Crippen molar-refractivity contribution in [1.29, 1.82) is 0 Å². The molecule has 0 aromatic heterocycles. The Bertz CT molecular complexity index is 233. The van der Waals surface area contributed by atoms with E-state index in [0.717, 1.165) is 5.56 Å². The monoisotopic (exact) mass is 209 g/mol. The van der Waals surface area contributed by atoms with Crippen molar-refractivity contribution in [3.8, 4) is 0 Å². The lowest BCUT2D eigenvalue weighted by Gasteiger charge is -1.98. The molecule has 4 heteroatoms. The van der Waals surface area contributed by atoms with E-state index in [1.54, 1.807) is 6.07 Å². The van der Waals surface area contributed by atoms with E-state index in [0.29, 0.717) is 18.0 Å². The highest BCUT2D eigenvalue weighted by Gasteiger charge is 1.97. The van der Waals surface area contributed by atoms with Crippen LogP contribution in [-0.4, -0.2) is 6.54 Å². The smallest absolute Gasteiger partial charge is 0.124 e. The van der Waals surface area contributed by atoms with Gasteiger partial charge >= 0.3 is 0 Å². The first-order chi connectivity index (χ1) is 5.22. The van der Waals surface area contributed by atoms with Crippen molar-refractivity contribution in [2.75, 3.05) is 6.54 Å². The topological polar surface area (TPSA) is 26.0 Å². The SMILES string of the molecule is Cl.NCCc1cc(F)cc(Cl)c1. The van der Waals surface area contributed by atoms with Crippen LogP contribution in [0.1, 0.15) is 5.56 Å². The number of benzene rings is 1. The number of hydrogen-bond donors (Lipinski definition) is 1. The van der Waals surface area contributed by atoms with Gasteiger partial charge in [-0.1, -0.05) is 11.6 Å². The van der Waals surface area contributed by atoms with E-state index < -0.39 is 0 Å². The highest BCUT2D eigenvalue weighted by Crippen LogP contribution is 2.13. The highest BCUT2D eigenvalue weighted by molar-refractivity contribution is 6.30. The van der Waals surface area contributed by atoms with Crippen LogP contribution in [0.2, 0.25) is 5.02 Å². The first kappa shape index (κ1) is 11.7. The molecule has 0 heterocycles. The van der Waals surface area contributed by atoms with Crippen molar-refractivity contribution in [3.05, 3.63) is 34.6 Å². The Balaban J connectivity index is 0.00000121. The Labute approximate surface area is 82.1 Å². The third-order valence-electron chi connectivity index (χ3n) is 1.36. The number of nitrogens with two attached hydrogens (primary N) is 1. The molecule has 12 heavy (non-hydrogen) atoms. The van der Waals surface area contributed by atoms with E-state index in [-0.39, 0.29) is 18.2 Å². The lowest BCUT2D eigenvalue weighted by Crippen LogP contribution is -2.02. The zero-order valence-corrected chi connectivity index (χ0v) is 7.96. The summed E-state index contributed by atoms with van der Waals surface area (Å²) in [7, 11) is 0. The minimum absolute atomic E-state index is 0. The van der Waals surface area contributed by atoms with Crippen LogP contribution in [0.15, 0.2) is 18.2 Å². The molecule has 0 aliphatic heterocycles. The molecule has 0 bridgehead atoms. The summed E-state index contributed by atoms with van der Waals surface area (Å²) < 4.78 is 12.6. The minimum Gasteiger partial charge on any atom is -0.330 e. The Morgan fingerprint density at radius 2 is 2.00 bits per heavy atom. The van der Waals surface area contributed by atoms with Gasteiger partial charge in [-0.15, -0.1) is 12.4 Å². The first-order valence-electron chi connectivity index (χ1n) is 3.37. The van der Waals surface area contributed by atoms with Gasteiger partial charge in [-0.25, -0.2) is 4.39 Å². The van der Waals surface area contributed by atoms with Gasteiger partial charge in [0.15, 0.2) is 0 Å². The second kappa shape index (κ2) is 5.36. The summed E-state index contributed by atoms with van der Waals surface area (Å²) in [4.78, 5) is 0. The maximum atomic E-state index is 12.6. The average Bonchev–Trinajstić information content (AvgIpc) is 1.85. The van der Waals surface area contributed by atoms with Crippen LogP contribution in [0.25, 0.3) is 0 Å². The molecule has 0 atom stereocenters. The van der Waals surface area contributed by atoms with Crippen molar-refractivity contribution in [2.45, 2.75) is 6.42 Å². The van der Waals surface area contributed by atoms with E-state index in [2.05, 4.69) is 0 Å². The van der Waals surface area contributed by atoms with Crippen molar-refractivity contribution in [2.24, 2.45) is 5.73 Å². The van der Waals surface area contributed by atoms with E-state index in [1.165, 1.54) is 12.1 Å². The summed E-state index contributed by atoms with van der Waals surface area (Å²) in [6, 6.07) is 4.44. The zero-order chi connectivity index (χ0) is 8.27. The maximum absolute atomic E-state index is 12.6. The molecule has 0 amide bonds. The van der Waals surface area contributed by atoms with Crippen molar-refractivity contribution < 1.29 is 4.39 Å². The fraction of sp³-hybridized carbons (Fsp3) is 0.250. The van der Waals surface area contributed by atoms with Gasteiger partial charge in [-0.05, 0) is 36.7 Å². The molecule has 0 saturated heterocycles. The Morgan fingerprint density at radius 1 is 1.33 bits per heavy atom. The number of halogens is 3. The van der Waals surface area contributed by atoms with Gasteiger partial charge in [-0.3, -0.25) is 0 Å². The normalized spacial score (nSPS) is 9.25. The summed E-state index contributed by atoms with van der Waals surface area (Å²) in [5.74, 6) is -0.305. The van der Waals surface area contributed by atoms with Gasteiger partial charge in [0, 0.05) is 5.02 Å². The summed E-state index contributed by atoms with van der Waals surface area (Å²) in [5.41, 5.74) is 6.14. The Morgan fingerprint density at radius 3 is 2.50 bits per heavy atom. The van der Waals surface area contributed by atoms with Crippen LogP contribution < -0.4 is 5.73 Å². The first-order valence-corrected chi connectivity index (χ1v) is 3.75. The fourth-order valence-corrected chi connectivity index (χ4v) is 1.17. The van der Waals surface area contributed by atoms with Crippen LogP contribution in [0.4, 0.5) is 4.39 Å².